The minimum atomic E-state index is -0.545. The van der Waals surface area contributed by atoms with Crippen LogP contribution in [0.25, 0.3) is 0 Å². The second-order valence-electron chi connectivity index (χ2n) is 10.8. The number of hydrogen-bond acceptors (Lipinski definition) is 3. The monoisotopic (exact) mass is 608 g/mol. The average Bonchev–Trinajstić information content (AvgIpc) is 3.12. The summed E-state index contributed by atoms with van der Waals surface area (Å²) in [4.78, 5) is 0. The van der Waals surface area contributed by atoms with E-state index in [1.807, 2.05) is 23.5 Å². The van der Waals surface area contributed by atoms with E-state index in [1.54, 1.807) is 0 Å². The standard InChI is InChI=1S/C41H36OS2/c42-39(31-43-40(33-19-7-1-8-20-33,34-21-9-2-10-22-34)35-23-11-3-12-24-35)32-44-41(36-25-13-4-14-26-36,37-27-15-5-16-28-37)38-29-17-6-18-30-38/h1-30,39,42H,31-32H2. The fourth-order valence-corrected chi connectivity index (χ4v) is 9.11. The van der Waals surface area contributed by atoms with Crippen LogP contribution >= 0.6 is 23.5 Å². The molecule has 0 atom stereocenters. The highest BCUT2D eigenvalue weighted by Crippen LogP contribution is 2.51. The van der Waals surface area contributed by atoms with Crippen LogP contribution in [-0.2, 0) is 9.49 Å². The first kappa shape index (κ1) is 30.0. The van der Waals surface area contributed by atoms with E-state index in [0.29, 0.717) is 11.5 Å². The minimum Gasteiger partial charge on any atom is -0.391 e. The Balaban J connectivity index is 1.36. The number of thioether (sulfide) groups is 2. The van der Waals surface area contributed by atoms with Gasteiger partial charge in [0.1, 0.15) is 0 Å². The zero-order valence-electron chi connectivity index (χ0n) is 24.6. The van der Waals surface area contributed by atoms with Gasteiger partial charge in [0, 0.05) is 11.5 Å². The van der Waals surface area contributed by atoms with Crippen LogP contribution in [0.1, 0.15) is 33.4 Å². The van der Waals surface area contributed by atoms with Crippen molar-refractivity contribution in [3.63, 3.8) is 0 Å². The molecule has 6 aromatic carbocycles. The quantitative estimate of drug-likeness (QED) is 0.140. The summed E-state index contributed by atoms with van der Waals surface area (Å²) >= 11 is 3.62. The SMILES string of the molecule is OC(CSC(c1ccccc1)(c1ccccc1)c1ccccc1)CSC(c1ccccc1)(c1ccccc1)c1ccccc1. The third-order valence-corrected chi connectivity index (χ3v) is 11.4. The largest absolute Gasteiger partial charge is 0.391 e. The van der Waals surface area contributed by atoms with Crippen LogP contribution in [0, 0.1) is 0 Å². The molecular weight excluding hydrogens is 573 g/mol. The average molecular weight is 609 g/mol. The van der Waals surface area contributed by atoms with Gasteiger partial charge in [-0.15, -0.1) is 23.5 Å². The van der Waals surface area contributed by atoms with Gasteiger partial charge in [-0.1, -0.05) is 182 Å². The molecule has 0 saturated carbocycles. The Morgan fingerprint density at radius 3 is 0.705 bits per heavy atom. The first-order chi connectivity index (χ1) is 21.7. The summed E-state index contributed by atoms with van der Waals surface area (Å²) in [7, 11) is 0. The lowest BCUT2D eigenvalue weighted by Crippen LogP contribution is -2.31. The van der Waals surface area contributed by atoms with Crippen LogP contribution in [-0.4, -0.2) is 22.7 Å². The highest BCUT2D eigenvalue weighted by molar-refractivity contribution is 8.01. The van der Waals surface area contributed by atoms with E-state index in [4.69, 9.17) is 0 Å². The van der Waals surface area contributed by atoms with Gasteiger partial charge in [0.25, 0.3) is 0 Å². The summed E-state index contributed by atoms with van der Waals surface area (Å²) in [5, 5.41) is 11.8. The van der Waals surface area contributed by atoms with Crippen LogP contribution in [0.4, 0.5) is 0 Å². The lowest BCUT2D eigenvalue weighted by molar-refractivity contribution is 0.224. The fraction of sp³-hybridized carbons (Fsp3) is 0.122. The van der Waals surface area contributed by atoms with Crippen LogP contribution in [0.3, 0.4) is 0 Å². The number of aliphatic hydroxyl groups excluding tert-OH is 1. The second kappa shape index (κ2) is 14.2. The lowest BCUT2D eigenvalue weighted by atomic mass is 9.84. The summed E-state index contributed by atoms with van der Waals surface area (Å²) in [5.74, 6) is 1.14. The maximum absolute atomic E-state index is 11.8. The molecule has 44 heavy (non-hydrogen) atoms. The molecule has 0 aliphatic carbocycles. The molecule has 0 heterocycles. The zero-order valence-corrected chi connectivity index (χ0v) is 26.2. The number of aliphatic hydroxyl groups is 1. The highest BCUT2D eigenvalue weighted by Gasteiger charge is 2.39. The third-order valence-electron chi connectivity index (χ3n) is 8.07. The van der Waals surface area contributed by atoms with Crippen molar-refractivity contribution in [2.24, 2.45) is 0 Å². The normalized spacial score (nSPS) is 11.9. The smallest absolute Gasteiger partial charge is 0.0907 e. The molecule has 3 heteroatoms. The van der Waals surface area contributed by atoms with Crippen molar-refractivity contribution in [3.05, 3.63) is 215 Å². The van der Waals surface area contributed by atoms with Crippen molar-refractivity contribution in [1.82, 2.24) is 0 Å². The predicted molar refractivity (Wildman–Crippen MR) is 189 cm³/mol. The number of hydrogen-bond donors (Lipinski definition) is 1. The van der Waals surface area contributed by atoms with Crippen molar-refractivity contribution in [3.8, 4) is 0 Å². The van der Waals surface area contributed by atoms with Crippen molar-refractivity contribution in [2.45, 2.75) is 15.6 Å². The van der Waals surface area contributed by atoms with E-state index in [1.165, 1.54) is 33.4 Å². The van der Waals surface area contributed by atoms with Gasteiger partial charge < -0.3 is 5.11 Å². The first-order valence-corrected chi connectivity index (χ1v) is 17.0. The van der Waals surface area contributed by atoms with E-state index in [2.05, 4.69) is 182 Å². The van der Waals surface area contributed by atoms with Gasteiger partial charge in [-0.3, -0.25) is 0 Å². The Bertz CT molecular complexity index is 1370. The van der Waals surface area contributed by atoms with E-state index < -0.39 is 15.6 Å². The molecule has 0 fully saturated rings. The van der Waals surface area contributed by atoms with Crippen LogP contribution in [0.15, 0.2) is 182 Å². The zero-order chi connectivity index (χ0) is 30.1. The van der Waals surface area contributed by atoms with Gasteiger partial charge in [0.15, 0.2) is 0 Å². The maximum atomic E-state index is 11.8. The van der Waals surface area contributed by atoms with Crippen molar-refractivity contribution < 1.29 is 5.11 Å². The van der Waals surface area contributed by atoms with Crippen molar-refractivity contribution in [2.75, 3.05) is 11.5 Å². The molecule has 0 aliphatic heterocycles. The molecule has 0 saturated heterocycles. The Morgan fingerprint density at radius 2 is 0.523 bits per heavy atom. The van der Waals surface area contributed by atoms with Gasteiger partial charge in [0.05, 0.1) is 15.6 Å². The molecule has 6 aromatic rings. The van der Waals surface area contributed by atoms with E-state index in [9.17, 15) is 5.11 Å². The molecule has 1 nitrogen and oxygen atoms in total. The third kappa shape index (κ3) is 6.14. The number of benzene rings is 6. The molecule has 1 N–H and O–H groups in total. The number of rotatable bonds is 12. The van der Waals surface area contributed by atoms with E-state index in [-0.39, 0.29) is 0 Å². The highest BCUT2D eigenvalue weighted by atomic mass is 32.2. The van der Waals surface area contributed by atoms with Gasteiger partial charge >= 0.3 is 0 Å². The summed E-state index contributed by atoms with van der Waals surface area (Å²) in [6, 6.07) is 64.2. The molecule has 0 radical (unpaired) electrons. The van der Waals surface area contributed by atoms with Crippen LogP contribution < -0.4 is 0 Å². The summed E-state index contributed by atoms with van der Waals surface area (Å²) < 4.78 is -0.935. The van der Waals surface area contributed by atoms with Gasteiger partial charge in [-0.2, -0.15) is 0 Å². The molecule has 0 unspecified atom stereocenters. The van der Waals surface area contributed by atoms with Gasteiger partial charge in [-0.05, 0) is 33.4 Å². The molecule has 0 aliphatic rings. The first-order valence-electron chi connectivity index (χ1n) is 15.0. The predicted octanol–water partition coefficient (Wildman–Crippen LogP) is 9.80. The van der Waals surface area contributed by atoms with Gasteiger partial charge in [0.2, 0.25) is 0 Å². The Labute approximate surface area is 270 Å². The maximum Gasteiger partial charge on any atom is 0.0907 e. The molecule has 218 valence electrons. The molecular formula is C41H36OS2. The molecule has 6 rings (SSSR count). The second-order valence-corrected chi connectivity index (χ2v) is 13.3. The van der Waals surface area contributed by atoms with E-state index in [0.717, 1.165) is 0 Å². The fourth-order valence-electron chi connectivity index (χ4n) is 6.03. The van der Waals surface area contributed by atoms with Crippen LogP contribution in [0.5, 0.6) is 0 Å². The minimum absolute atomic E-state index is 0.467. The Morgan fingerprint density at radius 1 is 0.341 bits per heavy atom. The summed E-state index contributed by atoms with van der Waals surface area (Å²) in [6.07, 6.45) is -0.545. The van der Waals surface area contributed by atoms with Crippen molar-refractivity contribution in [1.29, 1.82) is 0 Å². The molecule has 0 aromatic heterocycles. The topological polar surface area (TPSA) is 20.2 Å². The molecule has 0 spiro atoms. The Hall–Kier alpha value is -4.02. The summed E-state index contributed by atoms with van der Waals surface area (Å²) in [5.41, 5.74) is 7.22. The lowest BCUT2D eigenvalue weighted by Gasteiger charge is -2.37. The van der Waals surface area contributed by atoms with E-state index >= 15 is 0 Å². The molecule has 0 bridgehead atoms. The van der Waals surface area contributed by atoms with Gasteiger partial charge in [-0.25, -0.2) is 0 Å². The van der Waals surface area contributed by atoms with Crippen molar-refractivity contribution >= 4 is 23.5 Å². The summed E-state index contributed by atoms with van der Waals surface area (Å²) in [6.45, 7) is 0. The van der Waals surface area contributed by atoms with Crippen LogP contribution in [0.2, 0.25) is 0 Å². The Kier molecular flexibility index (Phi) is 9.67. The molecule has 0 amide bonds.